The highest BCUT2D eigenvalue weighted by atomic mass is 16.5. The van der Waals surface area contributed by atoms with Crippen LogP contribution in [0.4, 0.5) is 0 Å². The third-order valence-corrected chi connectivity index (χ3v) is 1.75. The normalized spacial score (nSPS) is 24.6. The molecule has 0 aliphatic carbocycles. The summed E-state index contributed by atoms with van der Waals surface area (Å²) in [6.07, 6.45) is 4.09. The molecule has 62 valence electrons. The Morgan fingerprint density at radius 2 is 2.55 bits per heavy atom. The Morgan fingerprint density at radius 3 is 3.09 bits per heavy atom. The number of rotatable bonds is 3. The van der Waals surface area contributed by atoms with Gasteiger partial charge in [0, 0.05) is 19.1 Å². The van der Waals surface area contributed by atoms with Crippen molar-refractivity contribution in [2.45, 2.75) is 6.42 Å². The van der Waals surface area contributed by atoms with Crippen LogP contribution in [0.2, 0.25) is 0 Å². The van der Waals surface area contributed by atoms with Gasteiger partial charge in [0.25, 0.3) is 0 Å². The van der Waals surface area contributed by atoms with Crippen LogP contribution in [-0.4, -0.2) is 25.5 Å². The summed E-state index contributed by atoms with van der Waals surface area (Å²) < 4.78 is 5.07. The Balaban J connectivity index is 2.34. The number of nitrogens with two attached hydrogens (primary N) is 1. The van der Waals surface area contributed by atoms with Gasteiger partial charge in [-0.1, -0.05) is 6.08 Å². The van der Waals surface area contributed by atoms with Crippen molar-refractivity contribution in [3.63, 3.8) is 0 Å². The van der Waals surface area contributed by atoms with Crippen molar-refractivity contribution in [1.29, 1.82) is 0 Å². The predicted molar refractivity (Wildman–Crippen MR) is 42.1 cm³/mol. The first-order valence-electron chi connectivity index (χ1n) is 3.83. The van der Waals surface area contributed by atoms with E-state index in [4.69, 9.17) is 10.5 Å². The van der Waals surface area contributed by atoms with E-state index in [1.807, 2.05) is 0 Å². The van der Waals surface area contributed by atoms with E-state index in [1.54, 1.807) is 12.2 Å². The Hall–Kier alpha value is -0.670. The van der Waals surface area contributed by atoms with E-state index >= 15 is 0 Å². The van der Waals surface area contributed by atoms with Gasteiger partial charge in [-0.05, 0) is 12.5 Å². The second kappa shape index (κ2) is 4.26. The Morgan fingerprint density at radius 1 is 1.73 bits per heavy atom. The summed E-state index contributed by atoms with van der Waals surface area (Å²) in [7, 11) is 0. The van der Waals surface area contributed by atoms with Crippen LogP contribution >= 0.6 is 0 Å². The van der Waals surface area contributed by atoms with Gasteiger partial charge in [-0.15, -0.1) is 0 Å². The molecule has 11 heavy (non-hydrogen) atoms. The summed E-state index contributed by atoms with van der Waals surface area (Å²) in [5.41, 5.74) is 5.21. The molecule has 0 spiro atoms. The van der Waals surface area contributed by atoms with Crippen LogP contribution in [0.3, 0.4) is 0 Å². The zero-order chi connectivity index (χ0) is 8.10. The molecular weight excluding hydrogens is 142 g/mol. The molecule has 3 heteroatoms. The second-order valence-corrected chi connectivity index (χ2v) is 2.60. The molecule has 1 fully saturated rings. The fourth-order valence-corrected chi connectivity index (χ4v) is 1.08. The van der Waals surface area contributed by atoms with Gasteiger partial charge in [-0.3, -0.25) is 4.79 Å². The maximum atomic E-state index is 11.2. The van der Waals surface area contributed by atoms with E-state index in [0.29, 0.717) is 19.8 Å². The van der Waals surface area contributed by atoms with E-state index in [-0.39, 0.29) is 11.7 Å². The lowest BCUT2D eigenvalue weighted by Gasteiger charge is -1.99. The smallest absolute Gasteiger partial charge is 0.160 e. The SMILES string of the molecule is NCC=CC(=O)C1CCOC1. The monoisotopic (exact) mass is 155 g/mol. The Labute approximate surface area is 66.2 Å². The van der Waals surface area contributed by atoms with E-state index < -0.39 is 0 Å². The molecule has 1 atom stereocenters. The van der Waals surface area contributed by atoms with E-state index in [9.17, 15) is 4.79 Å². The van der Waals surface area contributed by atoms with Gasteiger partial charge in [0.15, 0.2) is 5.78 Å². The fraction of sp³-hybridized carbons (Fsp3) is 0.625. The summed E-state index contributed by atoms with van der Waals surface area (Å²) in [6.45, 7) is 1.72. The zero-order valence-corrected chi connectivity index (χ0v) is 6.45. The van der Waals surface area contributed by atoms with Crippen LogP contribution in [0.25, 0.3) is 0 Å². The van der Waals surface area contributed by atoms with Gasteiger partial charge >= 0.3 is 0 Å². The van der Waals surface area contributed by atoms with Crippen molar-refractivity contribution in [3.8, 4) is 0 Å². The highest BCUT2D eigenvalue weighted by Crippen LogP contribution is 2.13. The fourth-order valence-electron chi connectivity index (χ4n) is 1.08. The zero-order valence-electron chi connectivity index (χ0n) is 6.45. The highest BCUT2D eigenvalue weighted by molar-refractivity contribution is 5.91. The number of carbonyl (C=O) groups is 1. The molecule has 1 rings (SSSR count). The van der Waals surface area contributed by atoms with Crippen LogP contribution in [0.1, 0.15) is 6.42 Å². The summed E-state index contributed by atoms with van der Waals surface area (Å²) in [5.74, 6) is 0.228. The minimum atomic E-state index is 0.0813. The number of allylic oxidation sites excluding steroid dienone is 1. The summed E-state index contributed by atoms with van der Waals surface area (Å²) in [5, 5.41) is 0. The molecule has 0 aromatic rings. The lowest BCUT2D eigenvalue weighted by atomic mass is 10.0. The molecule has 3 nitrogen and oxygen atoms in total. The van der Waals surface area contributed by atoms with Gasteiger partial charge in [-0.2, -0.15) is 0 Å². The summed E-state index contributed by atoms with van der Waals surface area (Å²) in [4.78, 5) is 11.2. The molecule has 1 aliphatic heterocycles. The molecule has 1 heterocycles. The van der Waals surface area contributed by atoms with Gasteiger partial charge < -0.3 is 10.5 Å². The molecule has 0 aromatic carbocycles. The molecule has 0 amide bonds. The van der Waals surface area contributed by atoms with Gasteiger partial charge in [0.1, 0.15) is 0 Å². The number of carbonyl (C=O) groups excluding carboxylic acids is 1. The maximum Gasteiger partial charge on any atom is 0.160 e. The molecule has 1 unspecified atom stereocenters. The molecule has 1 saturated heterocycles. The first-order chi connectivity index (χ1) is 5.34. The number of ether oxygens (including phenoxy) is 1. The number of hydrogen-bond acceptors (Lipinski definition) is 3. The highest BCUT2D eigenvalue weighted by Gasteiger charge is 2.20. The molecule has 0 aromatic heterocycles. The van der Waals surface area contributed by atoms with Crippen molar-refractivity contribution >= 4 is 5.78 Å². The largest absolute Gasteiger partial charge is 0.381 e. The van der Waals surface area contributed by atoms with Crippen molar-refractivity contribution in [2.75, 3.05) is 19.8 Å². The predicted octanol–water partition coefficient (Wildman–Crippen LogP) is 0.107. The lowest BCUT2D eigenvalue weighted by Crippen LogP contribution is -2.11. The van der Waals surface area contributed by atoms with Crippen molar-refractivity contribution in [2.24, 2.45) is 11.7 Å². The Kier molecular flexibility index (Phi) is 3.26. The molecular formula is C8H13NO2. The molecule has 2 N–H and O–H groups in total. The first kappa shape index (κ1) is 8.43. The third-order valence-electron chi connectivity index (χ3n) is 1.75. The molecule has 0 radical (unpaired) electrons. The minimum absolute atomic E-state index is 0.0813. The number of ketones is 1. The minimum Gasteiger partial charge on any atom is -0.381 e. The van der Waals surface area contributed by atoms with Crippen LogP contribution in [0.15, 0.2) is 12.2 Å². The Bertz CT molecular complexity index is 159. The van der Waals surface area contributed by atoms with Gasteiger partial charge in [0.05, 0.1) is 6.61 Å². The number of hydrogen-bond donors (Lipinski definition) is 1. The molecule has 1 aliphatic rings. The average Bonchev–Trinajstić information content (AvgIpc) is 2.52. The summed E-state index contributed by atoms with van der Waals surface area (Å²) >= 11 is 0. The van der Waals surface area contributed by atoms with Crippen LogP contribution in [-0.2, 0) is 9.53 Å². The quantitative estimate of drug-likeness (QED) is 0.588. The lowest BCUT2D eigenvalue weighted by molar-refractivity contribution is -0.118. The summed E-state index contributed by atoms with van der Waals surface area (Å²) in [6, 6.07) is 0. The third kappa shape index (κ3) is 2.44. The first-order valence-corrected chi connectivity index (χ1v) is 3.83. The molecule has 0 saturated carbocycles. The van der Waals surface area contributed by atoms with Crippen LogP contribution in [0.5, 0.6) is 0 Å². The average molecular weight is 155 g/mol. The van der Waals surface area contributed by atoms with Crippen LogP contribution in [0, 0.1) is 5.92 Å². The van der Waals surface area contributed by atoms with Crippen molar-refractivity contribution in [3.05, 3.63) is 12.2 Å². The van der Waals surface area contributed by atoms with Gasteiger partial charge in [0.2, 0.25) is 0 Å². The van der Waals surface area contributed by atoms with E-state index in [0.717, 1.165) is 6.42 Å². The maximum absolute atomic E-state index is 11.2. The topological polar surface area (TPSA) is 52.3 Å². The second-order valence-electron chi connectivity index (χ2n) is 2.60. The molecule has 0 bridgehead atoms. The van der Waals surface area contributed by atoms with E-state index in [1.165, 1.54) is 0 Å². The van der Waals surface area contributed by atoms with Crippen molar-refractivity contribution in [1.82, 2.24) is 0 Å². The van der Waals surface area contributed by atoms with Crippen molar-refractivity contribution < 1.29 is 9.53 Å². The van der Waals surface area contributed by atoms with E-state index in [2.05, 4.69) is 0 Å². The van der Waals surface area contributed by atoms with Gasteiger partial charge in [-0.25, -0.2) is 0 Å². The van der Waals surface area contributed by atoms with Crippen LogP contribution < -0.4 is 5.73 Å². The standard InChI is InChI=1S/C8H13NO2/c9-4-1-2-8(10)7-3-5-11-6-7/h1-2,7H,3-6,9H2.